The van der Waals surface area contributed by atoms with E-state index in [1.165, 1.54) is 0 Å². The molecule has 0 bridgehead atoms. The van der Waals surface area contributed by atoms with E-state index in [4.69, 9.17) is 5.73 Å². The Labute approximate surface area is 91.0 Å². The molecule has 1 atom stereocenters. The van der Waals surface area contributed by atoms with Gasteiger partial charge in [0.2, 0.25) is 0 Å². The van der Waals surface area contributed by atoms with Crippen LogP contribution in [0, 0.1) is 0 Å². The molecular weight excluding hydrogens is 137 g/mol. The van der Waals surface area contributed by atoms with Gasteiger partial charge in [0.15, 0.2) is 0 Å². The van der Waals surface area contributed by atoms with Crippen LogP contribution >= 0.6 is 12.6 Å². The van der Waals surface area contributed by atoms with Gasteiger partial charge in [-0.2, -0.15) is 12.6 Å². The van der Waals surface area contributed by atoms with Crippen molar-refractivity contribution in [2.24, 2.45) is 5.73 Å². The fourth-order valence-electron chi connectivity index (χ4n) is 0.0373. The molecule has 0 aromatic carbocycles. The van der Waals surface area contributed by atoms with E-state index in [0.29, 0.717) is 5.75 Å². The molecular formula is C3H6KNOS. The van der Waals surface area contributed by atoms with Crippen LogP contribution in [0.3, 0.4) is 0 Å². The van der Waals surface area contributed by atoms with Crippen LogP contribution in [-0.4, -0.2) is 18.1 Å². The smallest absolute Gasteiger partial charge is 0.540 e. The molecule has 4 heteroatoms. The van der Waals surface area contributed by atoms with Crippen molar-refractivity contribution in [1.29, 1.82) is 0 Å². The molecule has 0 aromatic rings. The van der Waals surface area contributed by atoms with Crippen molar-refractivity contribution in [3.8, 4) is 0 Å². The Morgan fingerprint density at radius 2 is 2.29 bits per heavy atom. The molecule has 0 aliphatic rings. The first-order valence-electron chi connectivity index (χ1n) is 1.55. The number of nitrogens with two attached hydrogens (primary N) is 1. The first-order valence-corrected chi connectivity index (χ1v) is 2.18. The summed E-state index contributed by atoms with van der Waals surface area (Å²) in [5, 5.41) is 0. The maximum atomic E-state index is 9.44. The molecule has 0 aliphatic heterocycles. The second-order valence-corrected chi connectivity index (χ2v) is 1.27. The standard InChI is InChI=1S/C3H6NOS.K/c4-3(1-5)2-6;/h3,6H,2,4H2;/q-1;+1/t3-;/m1./s1. The van der Waals surface area contributed by atoms with Crippen molar-refractivity contribution in [3.63, 3.8) is 0 Å². The summed E-state index contributed by atoms with van der Waals surface area (Å²) in [6.45, 7) is 0. The molecule has 36 valence electrons. The SMILES string of the molecule is N[C@H]([C-]=O)CS.[K+]. The van der Waals surface area contributed by atoms with Crippen LogP contribution in [0.2, 0.25) is 0 Å². The van der Waals surface area contributed by atoms with Crippen molar-refractivity contribution >= 4 is 18.9 Å². The van der Waals surface area contributed by atoms with Crippen molar-refractivity contribution in [3.05, 3.63) is 0 Å². The van der Waals surface area contributed by atoms with Crippen LogP contribution in [0.4, 0.5) is 0 Å². The van der Waals surface area contributed by atoms with Gasteiger partial charge < -0.3 is 10.5 Å². The molecule has 0 spiro atoms. The predicted octanol–water partition coefficient (Wildman–Crippen LogP) is -3.64. The third kappa shape index (κ3) is 7.62. The third-order valence-electron chi connectivity index (χ3n) is 0.348. The predicted molar refractivity (Wildman–Crippen MR) is 27.5 cm³/mol. The first kappa shape index (κ1) is 11.4. The number of hydrogen-bond donors (Lipinski definition) is 2. The van der Waals surface area contributed by atoms with Crippen LogP contribution in [0.5, 0.6) is 0 Å². The summed E-state index contributed by atoms with van der Waals surface area (Å²) in [5.74, 6) is 0.378. The second-order valence-electron chi connectivity index (χ2n) is 0.907. The van der Waals surface area contributed by atoms with E-state index in [-0.39, 0.29) is 51.4 Å². The average molecular weight is 143 g/mol. The van der Waals surface area contributed by atoms with Crippen LogP contribution in [0.25, 0.3) is 0 Å². The maximum absolute atomic E-state index is 9.44. The molecule has 0 saturated carbocycles. The number of carbonyl (C=O) groups excluding carboxylic acids is 1. The van der Waals surface area contributed by atoms with Gasteiger partial charge in [0.05, 0.1) is 0 Å². The van der Waals surface area contributed by atoms with E-state index in [0.717, 1.165) is 0 Å². The Morgan fingerprint density at radius 3 is 2.29 bits per heavy atom. The van der Waals surface area contributed by atoms with Crippen molar-refractivity contribution in [1.82, 2.24) is 0 Å². The van der Waals surface area contributed by atoms with Crippen LogP contribution in [0.15, 0.2) is 0 Å². The number of hydrogen-bond acceptors (Lipinski definition) is 3. The van der Waals surface area contributed by atoms with Gasteiger partial charge in [-0.25, -0.2) is 6.29 Å². The van der Waals surface area contributed by atoms with Gasteiger partial charge in [0.1, 0.15) is 0 Å². The average Bonchev–Trinajstić information content (AvgIpc) is 1.65. The van der Waals surface area contributed by atoms with E-state index in [1.54, 1.807) is 6.29 Å². The Hall–Kier alpha value is 1.62. The van der Waals surface area contributed by atoms with Crippen molar-refractivity contribution in [2.45, 2.75) is 6.04 Å². The Balaban J connectivity index is 0. The molecule has 0 rings (SSSR count). The van der Waals surface area contributed by atoms with Crippen LogP contribution in [0.1, 0.15) is 0 Å². The van der Waals surface area contributed by atoms with E-state index < -0.39 is 6.04 Å². The largest absolute Gasteiger partial charge is 1.00 e. The molecule has 0 fully saturated rings. The fraction of sp³-hybridized carbons (Fsp3) is 0.667. The zero-order valence-electron chi connectivity index (χ0n) is 4.22. The topological polar surface area (TPSA) is 43.1 Å². The fourth-order valence-corrected chi connectivity index (χ4v) is 0.112. The number of thiol groups is 1. The van der Waals surface area contributed by atoms with Gasteiger partial charge in [-0.15, -0.1) is 0 Å². The molecule has 7 heavy (non-hydrogen) atoms. The van der Waals surface area contributed by atoms with Crippen molar-refractivity contribution < 1.29 is 56.2 Å². The van der Waals surface area contributed by atoms with Gasteiger partial charge in [-0.05, 0) is 5.75 Å². The van der Waals surface area contributed by atoms with Gasteiger partial charge in [-0.3, -0.25) is 0 Å². The molecule has 0 heterocycles. The Bertz CT molecular complexity index is 52.2. The number of rotatable bonds is 2. The molecule has 0 aromatic heterocycles. The van der Waals surface area contributed by atoms with Gasteiger partial charge in [-0.1, -0.05) is 6.04 Å². The Morgan fingerprint density at radius 1 is 1.86 bits per heavy atom. The zero-order chi connectivity index (χ0) is 4.99. The molecule has 2 nitrogen and oxygen atoms in total. The summed E-state index contributed by atoms with van der Waals surface area (Å²) in [6, 6.07) is -0.506. The van der Waals surface area contributed by atoms with Gasteiger partial charge in [0, 0.05) is 0 Å². The summed E-state index contributed by atoms with van der Waals surface area (Å²) < 4.78 is 0. The molecule has 0 aliphatic carbocycles. The van der Waals surface area contributed by atoms with Crippen molar-refractivity contribution in [2.75, 3.05) is 5.75 Å². The minimum Gasteiger partial charge on any atom is -0.540 e. The summed E-state index contributed by atoms with van der Waals surface area (Å²) in [5.41, 5.74) is 4.97. The minimum absolute atomic E-state index is 0. The Kier molecular flexibility index (Phi) is 12.4. The van der Waals surface area contributed by atoms with Gasteiger partial charge >= 0.3 is 51.4 Å². The summed E-state index contributed by atoms with van der Waals surface area (Å²) in [4.78, 5) is 9.44. The summed E-state index contributed by atoms with van der Waals surface area (Å²) >= 11 is 3.71. The monoisotopic (exact) mass is 143 g/mol. The molecule has 0 amide bonds. The molecule has 2 N–H and O–H groups in total. The quantitative estimate of drug-likeness (QED) is 0.238. The zero-order valence-corrected chi connectivity index (χ0v) is 8.23. The maximum Gasteiger partial charge on any atom is 1.00 e. The molecule has 0 radical (unpaired) electrons. The van der Waals surface area contributed by atoms with E-state index in [9.17, 15) is 4.79 Å². The van der Waals surface area contributed by atoms with E-state index in [1.807, 2.05) is 0 Å². The normalized spacial score (nSPS) is 11.7. The molecule has 0 unspecified atom stereocenters. The van der Waals surface area contributed by atoms with Crippen LogP contribution < -0.4 is 57.1 Å². The van der Waals surface area contributed by atoms with E-state index in [2.05, 4.69) is 12.6 Å². The summed E-state index contributed by atoms with van der Waals surface area (Å²) in [7, 11) is 0. The van der Waals surface area contributed by atoms with E-state index >= 15 is 0 Å². The second kappa shape index (κ2) is 7.62. The van der Waals surface area contributed by atoms with Crippen LogP contribution in [-0.2, 0) is 4.79 Å². The molecule has 0 saturated heterocycles. The van der Waals surface area contributed by atoms with Gasteiger partial charge in [0.25, 0.3) is 0 Å². The summed E-state index contributed by atoms with van der Waals surface area (Å²) in [6.07, 6.45) is 1.57. The third-order valence-corrected chi connectivity index (χ3v) is 0.741. The first-order chi connectivity index (χ1) is 2.81. The minimum atomic E-state index is -0.506.